The van der Waals surface area contributed by atoms with Crippen LogP contribution in [0.3, 0.4) is 0 Å². The highest BCUT2D eigenvalue weighted by Crippen LogP contribution is 2.33. The van der Waals surface area contributed by atoms with Crippen molar-refractivity contribution < 1.29 is 17.9 Å². The molecule has 4 aromatic rings. The van der Waals surface area contributed by atoms with Crippen molar-refractivity contribution in [2.45, 2.75) is 11.8 Å². The van der Waals surface area contributed by atoms with Crippen LogP contribution >= 0.6 is 0 Å². The van der Waals surface area contributed by atoms with Gasteiger partial charge in [-0.05, 0) is 37.3 Å². The van der Waals surface area contributed by atoms with Crippen molar-refractivity contribution in [3.63, 3.8) is 0 Å². The Hall–Kier alpha value is -3.59. The summed E-state index contributed by atoms with van der Waals surface area (Å²) in [6, 6.07) is 13.5. The van der Waals surface area contributed by atoms with Gasteiger partial charge in [-0.3, -0.25) is 9.12 Å². The fourth-order valence-electron chi connectivity index (χ4n) is 3.21. The van der Waals surface area contributed by atoms with E-state index in [9.17, 15) is 8.42 Å². The van der Waals surface area contributed by atoms with E-state index >= 15 is 0 Å². The van der Waals surface area contributed by atoms with Gasteiger partial charge in [0.05, 0.1) is 10.6 Å². The predicted molar refractivity (Wildman–Crippen MR) is 111 cm³/mol. The van der Waals surface area contributed by atoms with E-state index in [1.54, 1.807) is 18.2 Å². The third-order valence-corrected chi connectivity index (χ3v) is 6.10. The Balaban J connectivity index is 1.38. The molecule has 2 aromatic carbocycles. The normalized spacial score (nSPS) is 13.4. The van der Waals surface area contributed by atoms with Gasteiger partial charge in [0.25, 0.3) is 10.0 Å². The number of benzene rings is 2. The highest BCUT2D eigenvalue weighted by atomic mass is 32.2. The first-order valence-electron chi connectivity index (χ1n) is 9.33. The molecule has 1 aliphatic heterocycles. The fraction of sp³-hybridized carbons (Fsp3) is 0.143. The summed E-state index contributed by atoms with van der Waals surface area (Å²) in [6.45, 7) is 2.76. The van der Waals surface area contributed by atoms with Crippen molar-refractivity contribution in [2.75, 3.05) is 17.9 Å². The van der Waals surface area contributed by atoms with Crippen LogP contribution in [0.25, 0.3) is 17.0 Å². The monoisotopic (exact) mass is 422 g/mol. The molecule has 0 spiro atoms. The number of hydrogen-bond acceptors (Lipinski definition) is 6. The summed E-state index contributed by atoms with van der Waals surface area (Å²) in [5, 5.41) is 0. The molecule has 0 saturated carbocycles. The third kappa shape index (κ3) is 3.43. The van der Waals surface area contributed by atoms with E-state index in [1.807, 2.05) is 41.9 Å². The number of rotatable bonds is 4. The molecule has 3 heterocycles. The van der Waals surface area contributed by atoms with E-state index in [0.717, 1.165) is 17.0 Å². The summed E-state index contributed by atoms with van der Waals surface area (Å²) in [7, 11) is -3.76. The molecule has 0 radical (unpaired) electrons. The molecule has 8 nitrogen and oxygen atoms in total. The first-order valence-corrected chi connectivity index (χ1v) is 10.8. The van der Waals surface area contributed by atoms with Crippen LogP contribution in [-0.4, -0.2) is 36.0 Å². The van der Waals surface area contributed by atoms with Gasteiger partial charge in [-0.15, -0.1) is 0 Å². The Morgan fingerprint density at radius 2 is 1.73 bits per heavy atom. The van der Waals surface area contributed by atoms with Gasteiger partial charge in [-0.2, -0.15) is 0 Å². The Labute approximate surface area is 173 Å². The lowest BCUT2D eigenvalue weighted by molar-refractivity contribution is 0.171. The zero-order chi connectivity index (χ0) is 20.7. The number of imidazole rings is 1. The molecular formula is C21H18N4O4S. The second-order valence-electron chi connectivity index (χ2n) is 6.89. The van der Waals surface area contributed by atoms with E-state index in [4.69, 9.17) is 9.47 Å². The Bertz CT molecular complexity index is 1350. The molecule has 0 unspecified atom stereocenters. The van der Waals surface area contributed by atoms with Crippen LogP contribution < -0.4 is 14.2 Å². The molecule has 152 valence electrons. The zero-order valence-electron chi connectivity index (χ0n) is 16.1. The average Bonchev–Trinajstić information content (AvgIpc) is 3.17. The Morgan fingerprint density at radius 3 is 2.53 bits per heavy atom. The van der Waals surface area contributed by atoms with Crippen molar-refractivity contribution in [2.24, 2.45) is 0 Å². The number of fused-ring (bicyclic) bond motifs is 2. The molecule has 0 aliphatic carbocycles. The van der Waals surface area contributed by atoms with Crippen molar-refractivity contribution in [1.82, 2.24) is 14.4 Å². The minimum atomic E-state index is -3.76. The molecule has 30 heavy (non-hydrogen) atoms. The smallest absolute Gasteiger partial charge is 0.262 e. The lowest BCUT2D eigenvalue weighted by Crippen LogP contribution is -2.17. The number of sulfonamides is 1. The molecule has 1 aliphatic rings. The van der Waals surface area contributed by atoms with E-state index in [2.05, 4.69) is 14.7 Å². The highest BCUT2D eigenvalue weighted by molar-refractivity contribution is 7.92. The van der Waals surface area contributed by atoms with Crippen LogP contribution in [0, 0.1) is 6.92 Å². The Kier molecular flexibility index (Phi) is 4.32. The maximum Gasteiger partial charge on any atom is 0.262 e. The fourth-order valence-corrected chi connectivity index (χ4v) is 4.29. The molecular weight excluding hydrogens is 404 g/mol. The average molecular weight is 422 g/mol. The number of aryl methyl sites for hydroxylation is 1. The zero-order valence-corrected chi connectivity index (χ0v) is 16.9. The summed E-state index contributed by atoms with van der Waals surface area (Å²) in [5.74, 6) is 1.59. The molecule has 0 fully saturated rings. The molecule has 0 atom stereocenters. The summed E-state index contributed by atoms with van der Waals surface area (Å²) in [5.41, 5.74) is 2.96. The number of nitrogens with one attached hydrogen (secondary N) is 1. The topological polar surface area (TPSA) is 94.8 Å². The molecule has 1 N–H and O–H groups in total. The van der Waals surface area contributed by atoms with Gasteiger partial charge in [-0.25, -0.2) is 18.4 Å². The van der Waals surface area contributed by atoms with E-state index in [0.29, 0.717) is 36.2 Å². The summed E-state index contributed by atoms with van der Waals surface area (Å²) in [6.07, 6.45) is 3.79. The van der Waals surface area contributed by atoms with Crippen molar-refractivity contribution in [3.05, 3.63) is 66.6 Å². The predicted octanol–water partition coefficient (Wildman–Crippen LogP) is 3.28. The van der Waals surface area contributed by atoms with Crippen LogP contribution in [0.5, 0.6) is 11.5 Å². The summed E-state index contributed by atoms with van der Waals surface area (Å²) < 4.78 is 40.9. The lowest BCUT2D eigenvalue weighted by atomic mass is 10.1. The number of aromatic nitrogens is 3. The minimum Gasteiger partial charge on any atom is -0.486 e. The van der Waals surface area contributed by atoms with Crippen LogP contribution in [0.15, 0.2) is 65.8 Å². The van der Waals surface area contributed by atoms with Gasteiger partial charge in [0.15, 0.2) is 11.5 Å². The second kappa shape index (κ2) is 7.03. The van der Waals surface area contributed by atoms with Crippen LogP contribution in [0.4, 0.5) is 5.69 Å². The first-order chi connectivity index (χ1) is 14.5. The maximum atomic E-state index is 12.8. The van der Waals surface area contributed by atoms with Gasteiger partial charge < -0.3 is 9.47 Å². The first kappa shape index (κ1) is 18.4. The molecule has 9 heteroatoms. The second-order valence-corrected chi connectivity index (χ2v) is 8.57. The van der Waals surface area contributed by atoms with Gasteiger partial charge in [0.2, 0.25) is 5.78 Å². The van der Waals surface area contributed by atoms with Gasteiger partial charge in [0.1, 0.15) is 13.2 Å². The van der Waals surface area contributed by atoms with E-state index in [1.165, 1.54) is 12.1 Å². The van der Waals surface area contributed by atoms with Crippen molar-refractivity contribution in [3.8, 4) is 22.8 Å². The summed E-state index contributed by atoms with van der Waals surface area (Å²) in [4.78, 5) is 9.03. The van der Waals surface area contributed by atoms with Gasteiger partial charge in [0, 0.05) is 35.4 Å². The standard InChI is InChI=1S/C21H18N4O4S/c1-14-8-9-25-13-18(23-21(25)22-14)15-2-4-16(5-3-15)24-30(26,27)17-6-7-19-20(12-17)29-11-10-28-19/h2-9,12-13,24H,10-11H2,1H3. The maximum absolute atomic E-state index is 12.8. The molecule has 5 rings (SSSR count). The highest BCUT2D eigenvalue weighted by Gasteiger charge is 2.19. The molecule has 2 aromatic heterocycles. The SMILES string of the molecule is Cc1ccn2cc(-c3ccc(NS(=O)(=O)c4ccc5c(c4)OCCO5)cc3)nc2n1. The van der Waals surface area contributed by atoms with Crippen LogP contribution in [0.1, 0.15) is 5.69 Å². The van der Waals surface area contributed by atoms with Crippen molar-refractivity contribution in [1.29, 1.82) is 0 Å². The number of anilines is 1. The van der Waals surface area contributed by atoms with Crippen LogP contribution in [0.2, 0.25) is 0 Å². The number of hydrogen-bond donors (Lipinski definition) is 1. The number of nitrogens with zero attached hydrogens (tertiary/aromatic N) is 3. The minimum absolute atomic E-state index is 0.109. The molecule has 0 bridgehead atoms. The third-order valence-electron chi connectivity index (χ3n) is 4.72. The van der Waals surface area contributed by atoms with Crippen molar-refractivity contribution >= 4 is 21.5 Å². The quantitative estimate of drug-likeness (QED) is 0.542. The van der Waals surface area contributed by atoms with Gasteiger partial charge >= 0.3 is 0 Å². The molecule has 0 amide bonds. The summed E-state index contributed by atoms with van der Waals surface area (Å²) >= 11 is 0. The van der Waals surface area contributed by atoms with E-state index in [-0.39, 0.29) is 4.90 Å². The largest absolute Gasteiger partial charge is 0.486 e. The van der Waals surface area contributed by atoms with Crippen LogP contribution in [-0.2, 0) is 10.0 Å². The van der Waals surface area contributed by atoms with E-state index < -0.39 is 10.0 Å². The molecule has 0 saturated heterocycles. The van der Waals surface area contributed by atoms with Gasteiger partial charge in [-0.1, -0.05) is 12.1 Å². The number of ether oxygens (including phenoxy) is 2. The lowest BCUT2D eigenvalue weighted by Gasteiger charge is -2.19. The Morgan fingerprint density at radius 1 is 0.967 bits per heavy atom.